The van der Waals surface area contributed by atoms with E-state index in [-0.39, 0.29) is 22.8 Å². The maximum absolute atomic E-state index is 12.6. The molecule has 3 rings (SSSR count). The van der Waals surface area contributed by atoms with Crippen molar-refractivity contribution in [3.8, 4) is 11.5 Å². The zero-order valence-corrected chi connectivity index (χ0v) is 17.3. The molecule has 0 radical (unpaired) electrons. The van der Waals surface area contributed by atoms with Crippen molar-refractivity contribution in [3.05, 3.63) is 41.8 Å². The van der Waals surface area contributed by atoms with Gasteiger partial charge in [-0.2, -0.15) is 0 Å². The zero-order valence-electron chi connectivity index (χ0n) is 17.3. The smallest absolute Gasteiger partial charge is 0.395 e. The second-order valence-electron chi connectivity index (χ2n) is 7.81. The summed E-state index contributed by atoms with van der Waals surface area (Å²) < 4.78 is 33.8. The third kappa shape index (κ3) is 6.30. The quantitative estimate of drug-likeness (QED) is 0.692. The van der Waals surface area contributed by atoms with Crippen molar-refractivity contribution < 1.29 is 23.0 Å². The average Bonchev–Trinajstić information content (AvgIpc) is 3.16. The van der Waals surface area contributed by atoms with Gasteiger partial charge in [0.25, 0.3) is 0 Å². The normalized spacial score (nSPS) is 15.8. The van der Waals surface area contributed by atoms with Gasteiger partial charge >= 0.3 is 6.29 Å². The topological polar surface area (TPSA) is 90.2 Å². The first-order chi connectivity index (χ1) is 13.4. The van der Waals surface area contributed by atoms with Gasteiger partial charge in [0, 0.05) is 18.6 Å². The van der Waals surface area contributed by atoms with Crippen LogP contribution in [0, 0.1) is 5.41 Å². The number of imidazole rings is 1. The first kappa shape index (κ1) is 22.4. The number of carbonyl (C=O) groups is 1. The van der Waals surface area contributed by atoms with E-state index in [1.807, 2.05) is 13.0 Å². The third-order valence-electron chi connectivity index (χ3n) is 4.55. The molecule has 3 N–H and O–H groups in total. The van der Waals surface area contributed by atoms with Crippen molar-refractivity contribution in [1.82, 2.24) is 9.97 Å². The molecule has 1 amide bonds. The number of alkyl halides is 2. The molecule has 2 aromatic rings. The number of nitrogens with zero attached hydrogens (tertiary/aromatic N) is 1. The maximum Gasteiger partial charge on any atom is 0.586 e. The number of halogens is 2. The van der Waals surface area contributed by atoms with E-state index >= 15 is 0 Å². The third-order valence-corrected chi connectivity index (χ3v) is 4.55. The van der Waals surface area contributed by atoms with Gasteiger partial charge in [0.05, 0.1) is 17.4 Å². The molecule has 0 saturated heterocycles. The van der Waals surface area contributed by atoms with Gasteiger partial charge in [0.1, 0.15) is 0 Å². The molecule has 6 nitrogen and oxygen atoms in total. The molecule has 8 heteroatoms. The Morgan fingerprint density at radius 3 is 2.41 bits per heavy atom. The predicted molar refractivity (Wildman–Crippen MR) is 108 cm³/mol. The summed E-state index contributed by atoms with van der Waals surface area (Å²) in [6.45, 7) is 10.7. The van der Waals surface area contributed by atoms with Crippen LogP contribution in [0.5, 0.6) is 11.5 Å². The summed E-state index contributed by atoms with van der Waals surface area (Å²) >= 11 is 0. The maximum atomic E-state index is 12.6. The molecule has 1 aliphatic rings. The lowest BCUT2D eigenvalue weighted by molar-refractivity contribution is -0.286. The number of ether oxygens (including phenoxy) is 2. The van der Waals surface area contributed by atoms with Crippen LogP contribution in [-0.2, 0) is 4.79 Å². The molecule has 1 aromatic carbocycles. The van der Waals surface area contributed by atoms with Crippen LogP contribution in [0.25, 0.3) is 11.0 Å². The highest BCUT2D eigenvalue weighted by molar-refractivity contribution is 5.79. The summed E-state index contributed by atoms with van der Waals surface area (Å²) in [5.74, 6) is -0.230. The van der Waals surface area contributed by atoms with Gasteiger partial charge in [-0.25, -0.2) is 4.98 Å². The van der Waals surface area contributed by atoms with E-state index in [0.29, 0.717) is 17.5 Å². The largest absolute Gasteiger partial charge is 0.586 e. The fraction of sp³-hybridized carbons (Fsp3) is 0.429. The van der Waals surface area contributed by atoms with Gasteiger partial charge < -0.3 is 20.2 Å². The molecule has 158 valence electrons. The van der Waals surface area contributed by atoms with E-state index < -0.39 is 6.29 Å². The molecule has 29 heavy (non-hydrogen) atoms. The Labute approximate surface area is 168 Å². The minimum atomic E-state index is -3.57. The van der Waals surface area contributed by atoms with Crippen LogP contribution >= 0.6 is 0 Å². The monoisotopic (exact) mass is 407 g/mol. The predicted octanol–water partition coefficient (Wildman–Crippen LogP) is 5.08. The number of H-pyrrole nitrogens is 1. The number of allylic oxidation sites excluding steroid dienone is 3. The highest BCUT2D eigenvalue weighted by Gasteiger charge is 2.43. The Morgan fingerprint density at radius 2 is 1.86 bits per heavy atom. The van der Waals surface area contributed by atoms with Crippen molar-refractivity contribution in [1.29, 1.82) is 0 Å². The number of carbonyl (C=O) groups excluding carboxylic acids is 1. The number of hydrogen-bond acceptors (Lipinski definition) is 4. The zero-order chi connectivity index (χ0) is 21.8. The number of rotatable bonds is 4. The Morgan fingerprint density at radius 1 is 1.24 bits per heavy atom. The van der Waals surface area contributed by atoms with Crippen molar-refractivity contribution >= 4 is 16.9 Å². The second kappa shape index (κ2) is 8.63. The van der Waals surface area contributed by atoms with Gasteiger partial charge in [0.15, 0.2) is 11.5 Å². The molecule has 0 aliphatic carbocycles. The first-order valence-electron chi connectivity index (χ1n) is 9.29. The van der Waals surface area contributed by atoms with Gasteiger partial charge in [-0.1, -0.05) is 51.0 Å². The number of primary amides is 1. The summed E-state index contributed by atoms with van der Waals surface area (Å²) in [6.07, 6.45) is 3.24. The van der Waals surface area contributed by atoms with Crippen molar-refractivity contribution in [2.45, 2.75) is 53.8 Å². The second-order valence-corrected chi connectivity index (χ2v) is 7.81. The molecule has 2 heterocycles. The van der Waals surface area contributed by atoms with Gasteiger partial charge in [-0.3, -0.25) is 4.79 Å². The van der Waals surface area contributed by atoms with E-state index in [9.17, 15) is 13.6 Å². The fourth-order valence-corrected chi connectivity index (χ4v) is 2.40. The lowest BCUT2D eigenvalue weighted by atomic mass is 9.87. The minimum absolute atomic E-state index is 0.00889. The van der Waals surface area contributed by atoms with E-state index in [1.54, 1.807) is 0 Å². The standard InChI is InChI=1S/C13H23NO.C8H4F2N2O2/c1-6-11(9-12(14)15)8-7-10(2)13(3,4)5;9-8(10)13-6-1-4-5(12-3-11-4)2-7(6)14-8/h7-8H,6,9H2,1-5H3,(H2,14,15);1-3H,(H,11,12)/b10-7+,11-8+;. The van der Waals surface area contributed by atoms with Crippen molar-refractivity contribution in [2.24, 2.45) is 11.1 Å². The molecule has 0 unspecified atom stereocenters. The number of fused-ring (bicyclic) bond motifs is 2. The molecule has 0 saturated carbocycles. The van der Waals surface area contributed by atoms with Gasteiger partial charge in [-0.05, 0) is 18.8 Å². The van der Waals surface area contributed by atoms with Crippen LogP contribution < -0.4 is 15.2 Å². The van der Waals surface area contributed by atoms with E-state index in [1.165, 1.54) is 24.0 Å². The summed E-state index contributed by atoms with van der Waals surface area (Å²) in [5, 5.41) is 0. The Bertz CT molecular complexity index is 898. The Balaban J connectivity index is 0.000000207. The number of nitrogens with two attached hydrogens (primary N) is 1. The van der Waals surface area contributed by atoms with Crippen LogP contribution in [0.1, 0.15) is 47.5 Å². The van der Waals surface area contributed by atoms with Crippen molar-refractivity contribution in [2.75, 3.05) is 0 Å². The summed E-state index contributed by atoms with van der Waals surface area (Å²) in [7, 11) is 0. The molecular formula is C21H27F2N3O3. The highest BCUT2D eigenvalue weighted by atomic mass is 19.3. The SMILES string of the molecule is CC/C(=C\C=C(/C)C(C)(C)C)CC(N)=O.FC1(F)Oc2cc3nc[nH]c3cc2O1. The summed E-state index contributed by atoms with van der Waals surface area (Å²) in [5.41, 5.74) is 8.93. The number of aromatic amines is 1. The number of benzene rings is 1. The first-order valence-corrected chi connectivity index (χ1v) is 9.29. The van der Waals surface area contributed by atoms with E-state index in [0.717, 1.165) is 12.0 Å². The van der Waals surface area contributed by atoms with Crippen LogP contribution in [0.4, 0.5) is 8.78 Å². The summed E-state index contributed by atoms with van der Waals surface area (Å²) in [4.78, 5) is 17.5. The van der Waals surface area contributed by atoms with Gasteiger partial charge in [0.2, 0.25) is 5.91 Å². The molecule has 1 aromatic heterocycles. The van der Waals surface area contributed by atoms with Crippen LogP contribution in [-0.4, -0.2) is 22.2 Å². The molecule has 0 bridgehead atoms. The molecular weight excluding hydrogens is 380 g/mol. The number of aromatic nitrogens is 2. The fourth-order valence-electron chi connectivity index (χ4n) is 2.40. The van der Waals surface area contributed by atoms with Crippen molar-refractivity contribution in [3.63, 3.8) is 0 Å². The number of nitrogens with one attached hydrogen (secondary N) is 1. The Hall–Kier alpha value is -2.90. The number of hydrogen-bond donors (Lipinski definition) is 2. The lowest BCUT2D eigenvalue weighted by Gasteiger charge is -2.18. The lowest BCUT2D eigenvalue weighted by Crippen LogP contribution is -2.25. The average molecular weight is 407 g/mol. The molecule has 0 spiro atoms. The minimum Gasteiger partial charge on any atom is -0.395 e. The van der Waals surface area contributed by atoms with Crippen LogP contribution in [0.3, 0.4) is 0 Å². The Kier molecular flexibility index (Phi) is 6.66. The molecule has 1 aliphatic heterocycles. The van der Waals surface area contributed by atoms with E-state index in [2.05, 4.69) is 53.2 Å². The van der Waals surface area contributed by atoms with Crippen LogP contribution in [0.2, 0.25) is 0 Å². The van der Waals surface area contributed by atoms with Gasteiger partial charge in [-0.15, -0.1) is 8.78 Å². The molecule has 0 fully saturated rings. The van der Waals surface area contributed by atoms with Crippen LogP contribution in [0.15, 0.2) is 41.8 Å². The van der Waals surface area contributed by atoms with E-state index in [4.69, 9.17) is 5.73 Å². The molecule has 0 atom stereocenters. The highest BCUT2D eigenvalue weighted by Crippen LogP contribution is 2.42. The summed E-state index contributed by atoms with van der Waals surface area (Å²) in [6, 6.07) is 2.83. The number of amides is 1.